The van der Waals surface area contributed by atoms with Gasteiger partial charge in [0, 0.05) is 16.6 Å². The zero-order valence-corrected chi connectivity index (χ0v) is 15.0. The van der Waals surface area contributed by atoms with Crippen molar-refractivity contribution in [3.63, 3.8) is 0 Å². The number of benzene rings is 1. The lowest BCUT2D eigenvalue weighted by Crippen LogP contribution is -2.37. The maximum Gasteiger partial charge on any atom is 0.323 e. The van der Waals surface area contributed by atoms with Gasteiger partial charge in [-0.3, -0.25) is 9.59 Å². The number of carboxylic acids is 1. The molecule has 2 rings (SSSR count). The summed E-state index contributed by atoms with van der Waals surface area (Å²) in [5, 5.41) is 10.1. The van der Waals surface area contributed by atoms with Crippen molar-refractivity contribution in [2.24, 2.45) is 5.73 Å². The lowest BCUT2D eigenvalue weighted by Gasteiger charge is -2.22. The second-order valence-electron chi connectivity index (χ2n) is 7.23. The van der Waals surface area contributed by atoms with Gasteiger partial charge in [-0.25, -0.2) is 0 Å². The fourth-order valence-electron chi connectivity index (χ4n) is 2.82. The summed E-state index contributed by atoms with van der Waals surface area (Å²) < 4.78 is 5.28. The Morgan fingerprint density at radius 2 is 1.96 bits per heavy atom. The van der Waals surface area contributed by atoms with E-state index in [1.807, 2.05) is 24.3 Å². The summed E-state index contributed by atoms with van der Waals surface area (Å²) >= 11 is 0. The highest BCUT2D eigenvalue weighted by atomic mass is 16.6. The molecule has 0 saturated carbocycles. The van der Waals surface area contributed by atoms with Crippen LogP contribution in [-0.4, -0.2) is 33.7 Å². The molecule has 136 valence electrons. The van der Waals surface area contributed by atoms with Gasteiger partial charge in [0.25, 0.3) is 0 Å². The van der Waals surface area contributed by atoms with Gasteiger partial charge in [0.15, 0.2) is 0 Å². The maximum absolute atomic E-state index is 11.9. The molecule has 0 radical (unpaired) electrons. The molecule has 2 aromatic rings. The van der Waals surface area contributed by atoms with Crippen molar-refractivity contribution < 1.29 is 19.4 Å². The molecule has 0 aliphatic heterocycles. The first kappa shape index (κ1) is 19.0. The number of rotatable bonds is 7. The standard InChI is InChI=1S/C19H26N2O4/c1-19(2,3)25-18(24)14(20)8-6-10-16-13(11-17(22)23)12-7-4-5-9-15(12)21-16/h4-5,7,9,14,21H,6,8,10-11,20H2,1-3H3,(H,22,23). The highest BCUT2D eigenvalue weighted by molar-refractivity contribution is 5.88. The summed E-state index contributed by atoms with van der Waals surface area (Å²) in [6.45, 7) is 5.42. The van der Waals surface area contributed by atoms with E-state index in [1.54, 1.807) is 20.8 Å². The van der Waals surface area contributed by atoms with Crippen LogP contribution in [-0.2, 0) is 27.2 Å². The van der Waals surface area contributed by atoms with Gasteiger partial charge in [0.2, 0.25) is 0 Å². The number of carboxylic acid groups (broad SMARTS) is 1. The van der Waals surface area contributed by atoms with E-state index in [-0.39, 0.29) is 6.42 Å². The molecule has 0 aliphatic carbocycles. The number of para-hydroxylation sites is 1. The van der Waals surface area contributed by atoms with E-state index in [1.165, 1.54) is 0 Å². The Kier molecular flexibility index (Phi) is 5.85. The van der Waals surface area contributed by atoms with Crippen molar-refractivity contribution >= 4 is 22.8 Å². The number of hydrogen-bond donors (Lipinski definition) is 3. The summed E-state index contributed by atoms with van der Waals surface area (Å²) in [5.41, 5.74) is 7.96. The maximum atomic E-state index is 11.9. The minimum atomic E-state index is -0.864. The monoisotopic (exact) mass is 346 g/mol. The molecule has 0 aliphatic rings. The minimum absolute atomic E-state index is 0.0303. The highest BCUT2D eigenvalue weighted by Crippen LogP contribution is 2.24. The number of hydrogen-bond acceptors (Lipinski definition) is 4. The molecule has 0 fully saturated rings. The van der Waals surface area contributed by atoms with Crippen molar-refractivity contribution in [1.82, 2.24) is 4.98 Å². The van der Waals surface area contributed by atoms with E-state index in [4.69, 9.17) is 15.6 Å². The van der Waals surface area contributed by atoms with Gasteiger partial charge in [0.05, 0.1) is 6.42 Å². The molecular weight excluding hydrogens is 320 g/mol. The highest BCUT2D eigenvalue weighted by Gasteiger charge is 2.22. The molecule has 1 atom stereocenters. The Balaban J connectivity index is 2.03. The Morgan fingerprint density at radius 3 is 2.60 bits per heavy atom. The fraction of sp³-hybridized carbons (Fsp3) is 0.474. The SMILES string of the molecule is CC(C)(C)OC(=O)C(N)CCCc1[nH]c2ccccc2c1CC(=O)O. The molecule has 4 N–H and O–H groups in total. The average molecular weight is 346 g/mol. The lowest BCUT2D eigenvalue weighted by atomic mass is 10.0. The summed E-state index contributed by atoms with van der Waals surface area (Å²) in [6, 6.07) is 6.97. The average Bonchev–Trinajstić information content (AvgIpc) is 2.83. The molecule has 1 aromatic carbocycles. The number of esters is 1. The number of aliphatic carboxylic acids is 1. The van der Waals surface area contributed by atoms with Gasteiger partial charge in [-0.05, 0) is 51.7 Å². The van der Waals surface area contributed by atoms with Crippen LogP contribution in [0.5, 0.6) is 0 Å². The topological polar surface area (TPSA) is 105 Å². The first-order chi connectivity index (χ1) is 11.7. The second-order valence-corrected chi connectivity index (χ2v) is 7.23. The fourth-order valence-corrected chi connectivity index (χ4v) is 2.82. The van der Waals surface area contributed by atoms with Crippen LogP contribution in [0, 0.1) is 0 Å². The minimum Gasteiger partial charge on any atom is -0.481 e. The number of ether oxygens (including phenoxy) is 1. The predicted molar refractivity (Wildman–Crippen MR) is 96.4 cm³/mol. The second kappa shape index (κ2) is 7.70. The molecule has 0 amide bonds. The molecule has 1 aromatic heterocycles. The van der Waals surface area contributed by atoms with Gasteiger partial charge in [0.1, 0.15) is 11.6 Å². The number of nitrogens with one attached hydrogen (secondary N) is 1. The van der Waals surface area contributed by atoms with Crippen molar-refractivity contribution in [2.75, 3.05) is 0 Å². The predicted octanol–water partition coefficient (Wildman–Crippen LogP) is 2.79. The van der Waals surface area contributed by atoms with Gasteiger partial charge in [-0.2, -0.15) is 0 Å². The Morgan fingerprint density at radius 1 is 1.28 bits per heavy atom. The Bertz CT molecular complexity index is 758. The van der Waals surface area contributed by atoms with E-state index < -0.39 is 23.6 Å². The number of aryl methyl sites for hydroxylation is 1. The van der Waals surface area contributed by atoms with E-state index >= 15 is 0 Å². The van der Waals surface area contributed by atoms with Gasteiger partial charge < -0.3 is 20.6 Å². The van der Waals surface area contributed by atoms with Crippen LogP contribution in [0.4, 0.5) is 0 Å². The van der Waals surface area contributed by atoms with Gasteiger partial charge >= 0.3 is 11.9 Å². The van der Waals surface area contributed by atoms with Crippen LogP contribution in [0.25, 0.3) is 10.9 Å². The Hall–Kier alpha value is -2.34. The smallest absolute Gasteiger partial charge is 0.323 e. The van der Waals surface area contributed by atoms with E-state index in [9.17, 15) is 9.59 Å². The van der Waals surface area contributed by atoms with Crippen LogP contribution in [0.15, 0.2) is 24.3 Å². The third-order valence-corrected chi connectivity index (χ3v) is 3.88. The number of carbonyl (C=O) groups is 2. The summed E-state index contributed by atoms with van der Waals surface area (Å²) in [7, 11) is 0. The third-order valence-electron chi connectivity index (χ3n) is 3.88. The van der Waals surface area contributed by atoms with E-state index in [0.717, 1.165) is 22.2 Å². The normalized spacial score (nSPS) is 13.0. The molecule has 6 heteroatoms. The third kappa shape index (κ3) is 5.32. The number of H-pyrrole nitrogens is 1. The van der Waals surface area contributed by atoms with Gasteiger partial charge in [-0.1, -0.05) is 18.2 Å². The number of nitrogens with two attached hydrogens (primary N) is 1. The molecule has 25 heavy (non-hydrogen) atoms. The largest absolute Gasteiger partial charge is 0.481 e. The lowest BCUT2D eigenvalue weighted by molar-refractivity contribution is -0.156. The summed E-state index contributed by atoms with van der Waals surface area (Å²) in [4.78, 5) is 26.4. The van der Waals surface area contributed by atoms with Crippen LogP contribution >= 0.6 is 0 Å². The number of fused-ring (bicyclic) bond motifs is 1. The molecule has 1 unspecified atom stereocenters. The number of carbonyl (C=O) groups excluding carboxylic acids is 1. The van der Waals surface area contributed by atoms with Crippen molar-refractivity contribution in [3.05, 3.63) is 35.5 Å². The van der Waals surface area contributed by atoms with Gasteiger partial charge in [-0.15, -0.1) is 0 Å². The first-order valence-electron chi connectivity index (χ1n) is 8.46. The van der Waals surface area contributed by atoms with Crippen molar-refractivity contribution in [2.45, 2.75) is 58.1 Å². The van der Waals surface area contributed by atoms with Crippen LogP contribution in [0.1, 0.15) is 44.9 Å². The molecule has 0 saturated heterocycles. The zero-order valence-electron chi connectivity index (χ0n) is 15.0. The molecular formula is C19H26N2O4. The van der Waals surface area contributed by atoms with E-state index in [2.05, 4.69) is 4.98 Å². The van der Waals surface area contributed by atoms with Crippen LogP contribution < -0.4 is 5.73 Å². The van der Waals surface area contributed by atoms with Crippen molar-refractivity contribution in [3.8, 4) is 0 Å². The molecule has 0 bridgehead atoms. The van der Waals surface area contributed by atoms with E-state index in [0.29, 0.717) is 19.3 Å². The zero-order chi connectivity index (χ0) is 18.6. The van der Waals surface area contributed by atoms with Crippen LogP contribution in [0.2, 0.25) is 0 Å². The van der Waals surface area contributed by atoms with Crippen molar-refractivity contribution in [1.29, 1.82) is 0 Å². The quantitative estimate of drug-likeness (QED) is 0.669. The summed E-state index contributed by atoms with van der Waals surface area (Å²) in [6.07, 6.45) is 1.75. The first-order valence-corrected chi connectivity index (χ1v) is 8.46. The number of aromatic nitrogens is 1. The summed E-state index contributed by atoms with van der Waals surface area (Å²) in [5.74, 6) is -1.27. The number of aromatic amines is 1. The molecule has 1 heterocycles. The Labute approximate surface area is 147 Å². The molecule has 6 nitrogen and oxygen atoms in total. The molecule has 0 spiro atoms. The van der Waals surface area contributed by atoms with Crippen LogP contribution in [0.3, 0.4) is 0 Å².